The highest BCUT2D eigenvalue weighted by molar-refractivity contribution is 5.36. The summed E-state index contributed by atoms with van der Waals surface area (Å²) in [4.78, 5) is 0. The molecule has 1 aliphatic carbocycles. The van der Waals surface area contributed by atoms with E-state index < -0.39 is 11.7 Å². The smallest absolute Gasteiger partial charge is 0.396 e. The zero-order valence-electron chi connectivity index (χ0n) is 7.96. The van der Waals surface area contributed by atoms with Crippen LogP contribution in [0.3, 0.4) is 0 Å². The SMILES string of the molecule is OCC1CC1c1ccccc1C(F)(F)F. The first-order chi connectivity index (χ1) is 7.04. The van der Waals surface area contributed by atoms with E-state index in [9.17, 15) is 13.2 Å². The van der Waals surface area contributed by atoms with Gasteiger partial charge >= 0.3 is 6.18 Å². The number of hydrogen-bond donors (Lipinski definition) is 1. The Morgan fingerprint density at radius 3 is 2.47 bits per heavy atom. The first kappa shape index (κ1) is 10.5. The summed E-state index contributed by atoms with van der Waals surface area (Å²) < 4.78 is 37.8. The van der Waals surface area contributed by atoms with E-state index in [1.54, 1.807) is 6.07 Å². The molecule has 4 heteroatoms. The van der Waals surface area contributed by atoms with Crippen molar-refractivity contribution < 1.29 is 18.3 Å². The summed E-state index contributed by atoms with van der Waals surface area (Å²) in [6, 6.07) is 5.60. The minimum Gasteiger partial charge on any atom is -0.396 e. The number of alkyl halides is 3. The topological polar surface area (TPSA) is 20.2 Å². The third-order valence-electron chi connectivity index (χ3n) is 2.82. The van der Waals surface area contributed by atoms with Gasteiger partial charge in [0.05, 0.1) is 5.56 Å². The molecule has 1 fully saturated rings. The fourth-order valence-corrected chi connectivity index (χ4v) is 1.91. The Balaban J connectivity index is 2.32. The second-order valence-corrected chi connectivity index (χ2v) is 3.87. The lowest BCUT2D eigenvalue weighted by molar-refractivity contribution is -0.138. The molecule has 0 aliphatic heterocycles. The summed E-state index contributed by atoms with van der Waals surface area (Å²) in [6.45, 7) is -0.0309. The van der Waals surface area contributed by atoms with E-state index in [1.165, 1.54) is 12.1 Å². The second kappa shape index (κ2) is 3.52. The molecule has 0 aromatic heterocycles. The van der Waals surface area contributed by atoms with Gasteiger partial charge in [0.1, 0.15) is 0 Å². The van der Waals surface area contributed by atoms with Crippen molar-refractivity contribution in [3.05, 3.63) is 35.4 Å². The first-order valence-electron chi connectivity index (χ1n) is 4.81. The molecule has 0 amide bonds. The molecule has 1 aromatic rings. The van der Waals surface area contributed by atoms with Crippen molar-refractivity contribution in [2.75, 3.05) is 6.61 Å². The van der Waals surface area contributed by atoms with Crippen molar-refractivity contribution >= 4 is 0 Å². The Morgan fingerprint density at radius 2 is 1.93 bits per heavy atom. The highest BCUT2D eigenvalue weighted by atomic mass is 19.4. The van der Waals surface area contributed by atoms with Gasteiger partial charge in [0, 0.05) is 6.61 Å². The van der Waals surface area contributed by atoms with Gasteiger partial charge < -0.3 is 5.11 Å². The van der Waals surface area contributed by atoms with E-state index in [4.69, 9.17) is 5.11 Å². The maximum absolute atomic E-state index is 12.6. The predicted octanol–water partition coefficient (Wildman–Crippen LogP) is 2.80. The Morgan fingerprint density at radius 1 is 1.27 bits per heavy atom. The standard InChI is InChI=1S/C11H11F3O/c12-11(13,14)10-4-2-1-3-8(10)9-5-7(9)6-15/h1-4,7,9,15H,5-6H2. The number of benzene rings is 1. The molecule has 1 N–H and O–H groups in total. The number of aliphatic hydroxyl groups is 1. The predicted molar refractivity (Wildman–Crippen MR) is 49.4 cm³/mol. The molecule has 82 valence electrons. The number of halogens is 3. The molecule has 1 aliphatic rings. The Bertz CT molecular complexity index is 359. The maximum Gasteiger partial charge on any atom is 0.416 e. The van der Waals surface area contributed by atoms with Crippen LogP contribution in [0.2, 0.25) is 0 Å². The summed E-state index contributed by atoms with van der Waals surface area (Å²) in [6.07, 6.45) is -3.64. The number of hydrogen-bond acceptors (Lipinski definition) is 1. The van der Waals surface area contributed by atoms with Crippen molar-refractivity contribution in [2.45, 2.75) is 18.5 Å². The van der Waals surface area contributed by atoms with E-state index in [1.807, 2.05) is 0 Å². The summed E-state index contributed by atoms with van der Waals surface area (Å²) in [5, 5.41) is 8.85. The molecule has 0 spiro atoms. The van der Waals surface area contributed by atoms with Crippen molar-refractivity contribution in [1.29, 1.82) is 0 Å². The monoisotopic (exact) mass is 216 g/mol. The van der Waals surface area contributed by atoms with Crippen molar-refractivity contribution in [3.8, 4) is 0 Å². The van der Waals surface area contributed by atoms with Crippen LogP contribution in [0, 0.1) is 5.92 Å². The molecule has 1 saturated carbocycles. The highest BCUT2D eigenvalue weighted by Gasteiger charge is 2.43. The van der Waals surface area contributed by atoms with Crippen LogP contribution in [0.5, 0.6) is 0 Å². The Hall–Kier alpha value is -1.03. The highest BCUT2D eigenvalue weighted by Crippen LogP contribution is 2.50. The average Bonchev–Trinajstić information content (AvgIpc) is 2.95. The fraction of sp³-hybridized carbons (Fsp3) is 0.455. The maximum atomic E-state index is 12.6. The van der Waals surface area contributed by atoms with E-state index in [0.29, 0.717) is 12.0 Å². The molecule has 2 unspecified atom stereocenters. The van der Waals surface area contributed by atoms with E-state index >= 15 is 0 Å². The van der Waals surface area contributed by atoms with Crippen molar-refractivity contribution in [1.82, 2.24) is 0 Å². The van der Waals surface area contributed by atoms with Gasteiger partial charge in [-0.3, -0.25) is 0 Å². The number of rotatable bonds is 2. The molecule has 0 saturated heterocycles. The van der Waals surface area contributed by atoms with Gasteiger partial charge in [-0.1, -0.05) is 18.2 Å². The minimum absolute atomic E-state index is 0.00787. The Kier molecular flexibility index (Phi) is 2.46. The van der Waals surface area contributed by atoms with Crippen LogP contribution in [0.15, 0.2) is 24.3 Å². The van der Waals surface area contributed by atoms with Gasteiger partial charge in [0.15, 0.2) is 0 Å². The molecular formula is C11H11F3O. The lowest BCUT2D eigenvalue weighted by Gasteiger charge is -2.12. The van der Waals surface area contributed by atoms with E-state index in [2.05, 4.69) is 0 Å². The summed E-state index contributed by atoms with van der Waals surface area (Å²) in [5.74, 6) is -0.110. The minimum atomic E-state index is -4.29. The van der Waals surface area contributed by atoms with Gasteiger partial charge in [0.2, 0.25) is 0 Å². The third kappa shape index (κ3) is 2.00. The fourth-order valence-electron chi connectivity index (χ4n) is 1.91. The van der Waals surface area contributed by atoms with Crippen molar-refractivity contribution in [3.63, 3.8) is 0 Å². The lowest BCUT2D eigenvalue weighted by atomic mass is 10.0. The van der Waals surface area contributed by atoms with Gasteiger partial charge in [-0.25, -0.2) is 0 Å². The lowest BCUT2D eigenvalue weighted by Crippen LogP contribution is -2.08. The van der Waals surface area contributed by atoms with Crippen LogP contribution >= 0.6 is 0 Å². The van der Waals surface area contributed by atoms with E-state index in [-0.39, 0.29) is 18.4 Å². The summed E-state index contributed by atoms with van der Waals surface area (Å²) in [5.41, 5.74) is -0.241. The normalized spacial score (nSPS) is 25.3. The van der Waals surface area contributed by atoms with Crippen LogP contribution in [0.25, 0.3) is 0 Å². The van der Waals surface area contributed by atoms with Crippen LogP contribution in [-0.2, 0) is 6.18 Å². The van der Waals surface area contributed by atoms with E-state index in [0.717, 1.165) is 6.07 Å². The third-order valence-corrected chi connectivity index (χ3v) is 2.82. The van der Waals surface area contributed by atoms with Gasteiger partial charge in [-0.15, -0.1) is 0 Å². The molecule has 2 atom stereocenters. The molecule has 0 radical (unpaired) electrons. The van der Waals surface area contributed by atoms with Crippen LogP contribution in [0.4, 0.5) is 13.2 Å². The quantitative estimate of drug-likeness (QED) is 0.805. The van der Waals surface area contributed by atoms with Gasteiger partial charge in [-0.2, -0.15) is 13.2 Å². The van der Waals surface area contributed by atoms with Crippen LogP contribution in [-0.4, -0.2) is 11.7 Å². The first-order valence-corrected chi connectivity index (χ1v) is 4.81. The van der Waals surface area contributed by atoms with Gasteiger partial charge in [0.25, 0.3) is 0 Å². The second-order valence-electron chi connectivity index (χ2n) is 3.87. The molecule has 2 rings (SSSR count). The molecular weight excluding hydrogens is 205 g/mol. The summed E-state index contributed by atoms with van der Waals surface area (Å²) in [7, 11) is 0. The zero-order chi connectivity index (χ0) is 11.1. The van der Waals surface area contributed by atoms with Crippen molar-refractivity contribution in [2.24, 2.45) is 5.92 Å². The average molecular weight is 216 g/mol. The van der Waals surface area contributed by atoms with Crippen LogP contribution < -0.4 is 0 Å². The molecule has 1 nitrogen and oxygen atoms in total. The summed E-state index contributed by atoms with van der Waals surface area (Å²) >= 11 is 0. The largest absolute Gasteiger partial charge is 0.416 e. The van der Waals surface area contributed by atoms with Crippen LogP contribution in [0.1, 0.15) is 23.5 Å². The molecule has 1 aromatic carbocycles. The van der Waals surface area contributed by atoms with Gasteiger partial charge in [-0.05, 0) is 29.9 Å². The molecule has 15 heavy (non-hydrogen) atoms. The Labute approximate surface area is 85.5 Å². The zero-order valence-corrected chi connectivity index (χ0v) is 7.96. The number of aliphatic hydroxyl groups excluding tert-OH is 1. The molecule has 0 bridgehead atoms. The molecule has 0 heterocycles.